The van der Waals surface area contributed by atoms with Crippen molar-refractivity contribution < 1.29 is 22.7 Å². The number of nitrogens with one attached hydrogen (secondary N) is 1. The lowest BCUT2D eigenvalue weighted by Gasteiger charge is -2.10. The Balaban J connectivity index is 2.19. The molecule has 0 bridgehead atoms. The van der Waals surface area contributed by atoms with Gasteiger partial charge in [0.1, 0.15) is 5.82 Å². The highest BCUT2D eigenvalue weighted by molar-refractivity contribution is 5.90. The molecule has 21 heavy (non-hydrogen) atoms. The maximum absolute atomic E-state index is 13.6. The molecule has 0 amide bonds. The SMILES string of the molecule is COC(=O)c1ccc(F)c(NCc2cccc(F)c2F)c1. The Morgan fingerprint density at radius 3 is 2.62 bits per heavy atom. The van der Waals surface area contributed by atoms with Crippen molar-refractivity contribution in [2.75, 3.05) is 12.4 Å². The highest BCUT2D eigenvalue weighted by Crippen LogP contribution is 2.19. The van der Waals surface area contributed by atoms with Crippen LogP contribution in [-0.4, -0.2) is 13.1 Å². The van der Waals surface area contributed by atoms with Gasteiger partial charge in [-0.2, -0.15) is 0 Å². The molecule has 0 spiro atoms. The first-order valence-electron chi connectivity index (χ1n) is 6.07. The second kappa shape index (κ2) is 6.30. The van der Waals surface area contributed by atoms with E-state index in [0.29, 0.717) is 0 Å². The van der Waals surface area contributed by atoms with Crippen molar-refractivity contribution in [3.05, 3.63) is 65.0 Å². The Hall–Kier alpha value is -2.50. The van der Waals surface area contributed by atoms with E-state index in [1.807, 2.05) is 0 Å². The molecule has 3 nitrogen and oxygen atoms in total. The Bertz CT molecular complexity index is 674. The standard InChI is InChI=1S/C15H12F3NO2/c1-21-15(20)9-5-6-11(16)13(7-9)19-8-10-3-2-4-12(17)14(10)18/h2-7,19H,8H2,1H3. The summed E-state index contributed by atoms with van der Waals surface area (Å²) in [6.45, 7) is -0.120. The van der Waals surface area contributed by atoms with E-state index in [1.165, 1.54) is 31.4 Å². The number of ether oxygens (including phenoxy) is 1. The summed E-state index contributed by atoms with van der Waals surface area (Å²) in [4.78, 5) is 11.4. The summed E-state index contributed by atoms with van der Waals surface area (Å²) >= 11 is 0. The van der Waals surface area contributed by atoms with E-state index in [1.54, 1.807) is 0 Å². The predicted octanol–water partition coefficient (Wildman–Crippen LogP) is 3.50. The molecule has 2 aromatic carbocycles. The van der Waals surface area contributed by atoms with Crippen LogP contribution in [-0.2, 0) is 11.3 Å². The van der Waals surface area contributed by atoms with Crippen molar-refractivity contribution >= 4 is 11.7 Å². The minimum atomic E-state index is -0.991. The molecule has 0 fully saturated rings. The maximum atomic E-state index is 13.6. The van der Waals surface area contributed by atoms with Gasteiger partial charge < -0.3 is 10.1 Å². The fourth-order valence-electron chi connectivity index (χ4n) is 1.78. The van der Waals surface area contributed by atoms with Crippen molar-refractivity contribution in [3.8, 4) is 0 Å². The second-order valence-corrected chi connectivity index (χ2v) is 4.25. The van der Waals surface area contributed by atoms with Gasteiger partial charge in [0, 0.05) is 12.1 Å². The number of anilines is 1. The van der Waals surface area contributed by atoms with Crippen LogP contribution >= 0.6 is 0 Å². The van der Waals surface area contributed by atoms with Crippen LogP contribution in [0.5, 0.6) is 0 Å². The van der Waals surface area contributed by atoms with Gasteiger partial charge in [0.15, 0.2) is 11.6 Å². The van der Waals surface area contributed by atoms with Gasteiger partial charge in [-0.3, -0.25) is 0 Å². The molecule has 2 aromatic rings. The van der Waals surface area contributed by atoms with Crippen LogP contribution in [0.1, 0.15) is 15.9 Å². The fraction of sp³-hybridized carbons (Fsp3) is 0.133. The Morgan fingerprint density at radius 2 is 1.90 bits per heavy atom. The molecule has 1 N–H and O–H groups in total. The van der Waals surface area contributed by atoms with Crippen molar-refractivity contribution in [3.63, 3.8) is 0 Å². The van der Waals surface area contributed by atoms with Crippen LogP contribution in [0.4, 0.5) is 18.9 Å². The number of esters is 1. The van der Waals surface area contributed by atoms with E-state index < -0.39 is 23.4 Å². The van der Waals surface area contributed by atoms with E-state index in [9.17, 15) is 18.0 Å². The molecule has 0 aromatic heterocycles. The van der Waals surface area contributed by atoms with Gasteiger partial charge in [-0.05, 0) is 24.3 Å². The summed E-state index contributed by atoms with van der Waals surface area (Å²) in [6, 6.07) is 7.35. The minimum Gasteiger partial charge on any atom is -0.465 e. The van der Waals surface area contributed by atoms with Crippen LogP contribution in [0.2, 0.25) is 0 Å². The Kier molecular flexibility index (Phi) is 4.47. The third-order valence-corrected chi connectivity index (χ3v) is 2.89. The molecular weight excluding hydrogens is 283 g/mol. The molecule has 0 saturated heterocycles. The van der Waals surface area contributed by atoms with Crippen LogP contribution in [0.15, 0.2) is 36.4 Å². The molecule has 110 valence electrons. The number of methoxy groups -OCH3 is 1. The quantitative estimate of drug-likeness (QED) is 0.877. The number of hydrogen-bond acceptors (Lipinski definition) is 3. The number of halogens is 3. The summed E-state index contributed by atoms with van der Waals surface area (Å²) in [6.07, 6.45) is 0. The molecule has 0 saturated carbocycles. The number of benzene rings is 2. The molecule has 6 heteroatoms. The summed E-state index contributed by atoms with van der Waals surface area (Å²) in [7, 11) is 1.21. The normalized spacial score (nSPS) is 10.3. The molecule has 0 aliphatic carbocycles. The zero-order valence-electron chi connectivity index (χ0n) is 11.1. The van der Waals surface area contributed by atoms with E-state index in [2.05, 4.69) is 10.1 Å². The predicted molar refractivity (Wildman–Crippen MR) is 71.4 cm³/mol. The van der Waals surface area contributed by atoms with E-state index in [0.717, 1.165) is 12.1 Å². The van der Waals surface area contributed by atoms with Crippen LogP contribution in [0.25, 0.3) is 0 Å². The monoisotopic (exact) mass is 295 g/mol. The second-order valence-electron chi connectivity index (χ2n) is 4.25. The Morgan fingerprint density at radius 1 is 1.14 bits per heavy atom. The topological polar surface area (TPSA) is 38.3 Å². The van der Waals surface area contributed by atoms with Crippen molar-refractivity contribution in [2.45, 2.75) is 6.54 Å². The number of hydrogen-bond donors (Lipinski definition) is 1. The van der Waals surface area contributed by atoms with E-state index in [4.69, 9.17) is 0 Å². The van der Waals surface area contributed by atoms with Crippen molar-refractivity contribution in [2.24, 2.45) is 0 Å². The lowest BCUT2D eigenvalue weighted by molar-refractivity contribution is 0.0600. The lowest BCUT2D eigenvalue weighted by Crippen LogP contribution is -2.07. The highest BCUT2D eigenvalue weighted by Gasteiger charge is 2.11. The van der Waals surface area contributed by atoms with Gasteiger partial charge in [0.25, 0.3) is 0 Å². The molecular formula is C15H12F3NO2. The number of carbonyl (C=O) groups excluding carboxylic acids is 1. The zero-order chi connectivity index (χ0) is 15.4. The molecule has 2 rings (SSSR count). The minimum absolute atomic E-state index is 0.00145. The maximum Gasteiger partial charge on any atom is 0.337 e. The first kappa shape index (κ1) is 14.9. The van der Waals surface area contributed by atoms with Gasteiger partial charge in [-0.15, -0.1) is 0 Å². The number of rotatable bonds is 4. The molecule has 0 atom stereocenters. The number of carbonyl (C=O) groups is 1. The molecule has 0 unspecified atom stereocenters. The van der Waals surface area contributed by atoms with Gasteiger partial charge in [0.05, 0.1) is 18.4 Å². The van der Waals surface area contributed by atoms with Crippen LogP contribution < -0.4 is 5.32 Å². The first-order valence-corrected chi connectivity index (χ1v) is 6.07. The van der Waals surface area contributed by atoms with E-state index in [-0.39, 0.29) is 23.4 Å². The largest absolute Gasteiger partial charge is 0.465 e. The van der Waals surface area contributed by atoms with Crippen LogP contribution in [0.3, 0.4) is 0 Å². The molecule has 0 aliphatic heterocycles. The summed E-state index contributed by atoms with van der Waals surface area (Å²) in [5.74, 6) is -3.19. The fourth-order valence-corrected chi connectivity index (χ4v) is 1.78. The first-order chi connectivity index (χ1) is 10.0. The summed E-state index contributed by atoms with van der Waals surface area (Å²) < 4.78 is 44.7. The van der Waals surface area contributed by atoms with Gasteiger partial charge in [-0.1, -0.05) is 12.1 Å². The van der Waals surface area contributed by atoms with Crippen molar-refractivity contribution in [1.82, 2.24) is 0 Å². The average Bonchev–Trinajstić information content (AvgIpc) is 2.49. The van der Waals surface area contributed by atoms with Crippen molar-refractivity contribution in [1.29, 1.82) is 0 Å². The lowest BCUT2D eigenvalue weighted by atomic mass is 10.1. The molecule has 0 aliphatic rings. The van der Waals surface area contributed by atoms with Gasteiger partial charge >= 0.3 is 5.97 Å². The van der Waals surface area contributed by atoms with Crippen LogP contribution in [0, 0.1) is 17.5 Å². The third-order valence-electron chi connectivity index (χ3n) is 2.89. The summed E-state index contributed by atoms with van der Waals surface area (Å²) in [5.41, 5.74) is 0.209. The Labute approximate surface area is 119 Å². The van der Waals surface area contributed by atoms with Gasteiger partial charge in [0.2, 0.25) is 0 Å². The van der Waals surface area contributed by atoms with E-state index >= 15 is 0 Å². The molecule has 0 heterocycles. The summed E-state index contributed by atoms with van der Waals surface area (Å²) in [5, 5.41) is 2.63. The highest BCUT2D eigenvalue weighted by atomic mass is 19.2. The zero-order valence-corrected chi connectivity index (χ0v) is 11.1. The molecule has 0 radical (unpaired) electrons. The smallest absolute Gasteiger partial charge is 0.337 e. The third kappa shape index (κ3) is 3.34. The average molecular weight is 295 g/mol. The van der Waals surface area contributed by atoms with Gasteiger partial charge in [-0.25, -0.2) is 18.0 Å².